The number of hydrogen-bond acceptors (Lipinski definition) is 3. The highest BCUT2D eigenvalue weighted by Crippen LogP contribution is 2.20. The second-order valence-corrected chi connectivity index (χ2v) is 7.98. The van der Waals surface area contributed by atoms with Gasteiger partial charge < -0.3 is 10.2 Å². The van der Waals surface area contributed by atoms with Crippen LogP contribution in [0.1, 0.15) is 37.8 Å². The van der Waals surface area contributed by atoms with Gasteiger partial charge in [0.05, 0.1) is 5.75 Å². The largest absolute Gasteiger partial charge is 0.354 e. The molecule has 1 atom stereocenters. The van der Waals surface area contributed by atoms with Crippen LogP contribution in [0.3, 0.4) is 0 Å². The number of carbonyl (C=O) groups excluding carboxylic acids is 2. The lowest BCUT2D eigenvalue weighted by molar-refractivity contribution is -0.138. The molecule has 0 aliphatic heterocycles. The molecule has 0 aromatic heterocycles. The summed E-state index contributed by atoms with van der Waals surface area (Å²) in [6, 6.07) is 17.4. The van der Waals surface area contributed by atoms with Gasteiger partial charge in [-0.2, -0.15) is 0 Å². The molecule has 2 rings (SSSR count). The number of carbonyl (C=O) groups is 2. The lowest BCUT2D eigenvalue weighted by atomic mass is 10.1. The molecule has 0 bridgehead atoms. The molecule has 2 amide bonds. The summed E-state index contributed by atoms with van der Waals surface area (Å²) in [4.78, 5) is 28.3. The molecule has 0 fully saturated rings. The number of amides is 2. The molecular formula is C23H30N2O2S. The molecular weight excluding hydrogens is 368 g/mol. The molecule has 0 spiro atoms. The lowest BCUT2D eigenvalue weighted by Gasteiger charge is -2.28. The fourth-order valence-electron chi connectivity index (χ4n) is 2.76. The second kappa shape index (κ2) is 11.5. The topological polar surface area (TPSA) is 49.4 Å². The van der Waals surface area contributed by atoms with Crippen LogP contribution >= 0.6 is 11.8 Å². The maximum Gasteiger partial charge on any atom is 0.242 e. The third-order valence-corrected chi connectivity index (χ3v) is 5.57. The predicted molar refractivity (Wildman–Crippen MR) is 116 cm³/mol. The Bertz CT molecular complexity index is 747. The molecule has 28 heavy (non-hydrogen) atoms. The van der Waals surface area contributed by atoms with E-state index in [0.29, 0.717) is 18.8 Å². The Balaban J connectivity index is 2.06. The summed E-state index contributed by atoms with van der Waals surface area (Å²) < 4.78 is 0. The third kappa shape index (κ3) is 7.04. The van der Waals surface area contributed by atoms with Crippen molar-refractivity contribution in [1.82, 2.24) is 10.2 Å². The van der Waals surface area contributed by atoms with Crippen LogP contribution in [-0.2, 0) is 16.1 Å². The summed E-state index contributed by atoms with van der Waals surface area (Å²) in [6.45, 7) is 7.00. The zero-order chi connectivity index (χ0) is 20.4. The number of rotatable bonds is 10. The quantitative estimate of drug-likeness (QED) is 0.476. The van der Waals surface area contributed by atoms with Gasteiger partial charge in [0.15, 0.2) is 0 Å². The van der Waals surface area contributed by atoms with Crippen molar-refractivity contribution in [2.75, 3.05) is 12.3 Å². The molecule has 0 saturated heterocycles. The Labute approximate surface area is 172 Å². The van der Waals surface area contributed by atoms with E-state index >= 15 is 0 Å². The van der Waals surface area contributed by atoms with Crippen molar-refractivity contribution in [3.63, 3.8) is 0 Å². The first-order valence-corrected chi connectivity index (χ1v) is 10.8. The van der Waals surface area contributed by atoms with Gasteiger partial charge in [-0.25, -0.2) is 0 Å². The molecule has 5 heteroatoms. The highest BCUT2D eigenvalue weighted by molar-refractivity contribution is 8.00. The molecule has 0 aliphatic carbocycles. The van der Waals surface area contributed by atoms with Gasteiger partial charge in [-0.05, 0) is 38.0 Å². The minimum atomic E-state index is -0.511. The predicted octanol–water partition coefficient (Wildman–Crippen LogP) is 4.42. The first-order valence-electron chi connectivity index (χ1n) is 9.81. The average molecular weight is 399 g/mol. The fourth-order valence-corrected chi connectivity index (χ4v) is 3.55. The summed E-state index contributed by atoms with van der Waals surface area (Å²) in [6.07, 6.45) is 1.96. The van der Waals surface area contributed by atoms with Crippen LogP contribution in [0.5, 0.6) is 0 Å². The molecule has 1 N–H and O–H groups in total. The third-order valence-electron chi connectivity index (χ3n) is 4.58. The number of hydrogen-bond donors (Lipinski definition) is 1. The Hall–Kier alpha value is -2.27. The van der Waals surface area contributed by atoms with Crippen molar-refractivity contribution in [1.29, 1.82) is 0 Å². The number of aryl methyl sites for hydroxylation is 1. The van der Waals surface area contributed by atoms with E-state index in [4.69, 9.17) is 0 Å². The van der Waals surface area contributed by atoms with Crippen LogP contribution in [0, 0.1) is 6.92 Å². The normalized spacial score (nSPS) is 11.7. The second-order valence-electron chi connectivity index (χ2n) is 6.93. The fraction of sp³-hybridized carbons (Fsp3) is 0.391. The van der Waals surface area contributed by atoms with Gasteiger partial charge in [0.1, 0.15) is 6.04 Å². The summed E-state index contributed by atoms with van der Waals surface area (Å²) in [5.41, 5.74) is 2.21. The molecule has 4 nitrogen and oxygen atoms in total. The van der Waals surface area contributed by atoms with Crippen molar-refractivity contribution in [2.45, 2.75) is 51.1 Å². The van der Waals surface area contributed by atoms with Crippen molar-refractivity contribution < 1.29 is 9.59 Å². The van der Waals surface area contributed by atoms with E-state index < -0.39 is 6.04 Å². The summed E-state index contributed by atoms with van der Waals surface area (Å²) in [7, 11) is 0. The average Bonchev–Trinajstić information content (AvgIpc) is 2.71. The van der Waals surface area contributed by atoms with Gasteiger partial charge in [0, 0.05) is 18.0 Å². The van der Waals surface area contributed by atoms with E-state index in [0.717, 1.165) is 23.3 Å². The van der Waals surface area contributed by atoms with Gasteiger partial charge >= 0.3 is 0 Å². The number of unbranched alkanes of at least 4 members (excludes halogenated alkanes) is 1. The molecule has 0 saturated carbocycles. The van der Waals surface area contributed by atoms with E-state index in [-0.39, 0.29) is 11.8 Å². The van der Waals surface area contributed by atoms with Gasteiger partial charge in [0.25, 0.3) is 0 Å². The van der Waals surface area contributed by atoms with Crippen LogP contribution in [0.25, 0.3) is 0 Å². The van der Waals surface area contributed by atoms with Crippen molar-refractivity contribution >= 4 is 23.6 Å². The summed E-state index contributed by atoms with van der Waals surface area (Å²) in [5, 5.41) is 2.94. The van der Waals surface area contributed by atoms with E-state index in [1.165, 1.54) is 17.3 Å². The Morgan fingerprint density at radius 1 is 1.07 bits per heavy atom. The van der Waals surface area contributed by atoms with E-state index in [2.05, 4.69) is 12.2 Å². The molecule has 0 aliphatic rings. The Morgan fingerprint density at radius 3 is 2.39 bits per heavy atom. The Kier molecular flexibility index (Phi) is 9.08. The number of thioether (sulfide) groups is 1. The van der Waals surface area contributed by atoms with Gasteiger partial charge in [-0.3, -0.25) is 9.59 Å². The zero-order valence-electron chi connectivity index (χ0n) is 17.0. The monoisotopic (exact) mass is 398 g/mol. The number of nitrogens with zero attached hydrogens (tertiary/aromatic N) is 1. The Morgan fingerprint density at radius 2 is 1.75 bits per heavy atom. The van der Waals surface area contributed by atoms with E-state index in [9.17, 15) is 9.59 Å². The maximum absolute atomic E-state index is 13.0. The van der Waals surface area contributed by atoms with E-state index in [1.807, 2.05) is 61.5 Å². The lowest BCUT2D eigenvalue weighted by Crippen LogP contribution is -2.48. The number of nitrogens with one attached hydrogen (secondary N) is 1. The molecule has 2 aromatic rings. The van der Waals surface area contributed by atoms with Gasteiger partial charge in [-0.1, -0.05) is 61.4 Å². The van der Waals surface area contributed by atoms with Crippen LogP contribution in [0.4, 0.5) is 0 Å². The maximum atomic E-state index is 13.0. The summed E-state index contributed by atoms with van der Waals surface area (Å²) in [5.74, 6) is 0.174. The highest BCUT2D eigenvalue weighted by Gasteiger charge is 2.25. The minimum absolute atomic E-state index is 0.0347. The smallest absolute Gasteiger partial charge is 0.242 e. The van der Waals surface area contributed by atoms with Crippen LogP contribution in [-0.4, -0.2) is 35.1 Å². The van der Waals surface area contributed by atoms with Crippen molar-refractivity contribution in [2.24, 2.45) is 0 Å². The van der Waals surface area contributed by atoms with Crippen LogP contribution < -0.4 is 5.32 Å². The van der Waals surface area contributed by atoms with Crippen molar-refractivity contribution in [3.8, 4) is 0 Å². The number of benzene rings is 2. The summed E-state index contributed by atoms with van der Waals surface area (Å²) >= 11 is 1.50. The zero-order valence-corrected chi connectivity index (χ0v) is 17.8. The first-order chi connectivity index (χ1) is 13.5. The van der Waals surface area contributed by atoms with Gasteiger partial charge in [-0.15, -0.1) is 11.8 Å². The van der Waals surface area contributed by atoms with Crippen molar-refractivity contribution in [3.05, 3.63) is 65.7 Å². The van der Waals surface area contributed by atoms with Gasteiger partial charge in [0.2, 0.25) is 11.8 Å². The van der Waals surface area contributed by atoms with Crippen LogP contribution in [0.15, 0.2) is 59.5 Å². The molecule has 1 unspecified atom stereocenters. The van der Waals surface area contributed by atoms with Crippen LogP contribution in [0.2, 0.25) is 0 Å². The molecule has 150 valence electrons. The standard InChI is InChI=1S/C23H30N2O2S/c1-4-5-15-24-23(27)19(3)25(16-20-9-7-6-8-10-20)22(26)17-28-21-13-11-18(2)12-14-21/h6-14,19H,4-5,15-17H2,1-3H3,(H,24,27). The molecule has 0 radical (unpaired) electrons. The van der Waals surface area contributed by atoms with E-state index in [1.54, 1.807) is 11.8 Å². The SMILES string of the molecule is CCCCNC(=O)C(C)N(Cc1ccccc1)C(=O)CSc1ccc(C)cc1. The minimum Gasteiger partial charge on any atom is -0.354 e. The molecule has 0 heterocycles. The molecule has 2 aromatic carbocycles. The highest BCUT2D eigenvalue weighted by atomic mass is 32.2. The first kappa shape index (κ1) is 22.0.